The molecule has 5 heteroatoms. The minimum absolute atomic E-state index is 0.154. The Morgan fingerprint density at radius 3 is 2.81 bits per heavy atom. The summed E-state index contributed by atoms with van der Waals surface area (Å²) < 4.78 is 5.63. The van der Waals surface area contributed by atoms with Crippen LogP contribution in [0.1, 0.15) is 47.7 Å². The summed E-state index contributed by atoms with van der Waals surface area (Å²) in [5.74, 6) is 1.20. The molecule has 27 heavy (non-hydrogen) atoms. The van der Waals surface area contributed by atoms with Crippen molar-refractivity contribution in [2.45, 2.75) is 43.6 Å². The Hall–Kier alpha value is -1.85. The zero-order chi connectivity index (χ0) is 18.9. The van der Waals surface area contributed by atoms with E-state index in [-0.39, 0.29) is 17.4 Å². The van der Waals surface area contributed by atoms with Crippen LogP contribution in [-0.4, -0.2) is 38.1 Å². The molecule has 1 amide bonds. The summed E-state index contributed by atoms with van der Waals surface area (Å²) >= 11 is 1.71. The molecule has 0 saturated heterocycles. The van der Waals surface area contributed by atoms with Crippen LogP contribution >= 0.6 is 11.3 Å². The molecule has 1 fully saturated rings. The van der Waals surface area contributed by atoms with E-state index in [1.807, 2.05) is 0 Å². The Kier molecular flexibility index (Phi) is 5.24. The molecule has 1 aromatic carbocycles. The summed E-state index contributed by atoms with van der Waals surface area (Å²) in [4.78, 5) is 16.7. The lowest BCUT2D eigenvalue weighted by molar-refractivity contribution is -0.126. The van der Waals surface area contributed by atoms with Crippen molar-refractivity contribution in [1.82, 2.24) is 10.2 Å². The molecule has 1 aliphatic carbocycles. The molecular formula is C22H28N2O2S. The van der Waals surface area contributed by atoms with Crippen LogP contribution in [0.5, 0.6) is 5.75 Å². The van der Waals surface area contributed by atoms with Gasteiger partial charge < -0.3 is 15.0 Å². The monoisotopic (exact) mass is 384 g/mol. The third-order valence-corrected chi connectivity index (χ3v) is 7.14. The maximum atomic E-state index is 13.3. The number of benzene rings is 1. The van der Waals surface area contributed by atoms with Gasteiger partial charge in [0.15, 0.2) is 0 Å². The van der Waals surface area contributed by atoms with Crippen LogP contribution in [-0.2, 0) is 16.6 Å². The summed E-state index contributed by atoms with van der Waals surface area (Å²) in [7, 11) is 4.15. The Morgan fingerprint density at radius 1 is 1.30 bits per heavy atom. The Morgan fingerprint density at radius 2 is 2.11 bits per heavy atom. The highest BCUT2D eigenvalue weighted by molar-refractivity contribution is 7.10. The fourth-order valence-corrected chi connectivity index (χ4v) is 5.47. The van der Waals surface area contributed by atoms with Crippen LogP contribution in [0.2, 0.25) is 0 Å². The molecule has 2 aromatic rings. The van der Waals surface area contributed by atoms with Gasteiger partial charge in [-0.05, 0) is 55.6 Å². The molecule has 4 rings (SSSR count). The van der Waals surface area contributed by atoms with Gasteiger partial charge in [0.1, 0.15) is 5.75 Å². The molecule has 0 bridgehead atoms. The van der Waals surface area contributed by atoms with Crippen LogP contribution in [0.4, 0.5) is 0 Å². The van der Waals surface area contributed by atoms with Crippen molar-refractivity contribution in [2.24, 2.45) is 0 Å². The highest BCUT2D eigenvalue weighted by atomic mass is 32.1. The number of likely N-dealkylation sites (N-methyl/N-ethyl adjacent to an activating group) is 1. The van der Waals surface area contributed by atoms with Gasteiger partial charge in [-0.3, -0.25) is 4.79 Å². The lowest BCUT2D eigenvalue weighted by Gasteiger charge is -2.30. The number of nitrogens with zero attached hydrogens (tertiary/aromatic N) is 1. The molecule has 0 spiro atoms. The van der Waals surface area contributed by atoms with Crippen LogP contribution in [0.3, 0.4) is 0 Å². The standard InChI is InChI=1S/C22H28N2O2S/c1-24(2)18(16-7-8-19-17(14-16)9-12-26-19)15-23-21(25)22(10-3-4-11-22)20-6-5-13-27-20/h5-8,13-14,18H,3-4,9-12,15H2,1-2H3,(H,23,25). The number of rotatable bonds is 6. The van der Waals surface area contributed by atoms with Gasteiger partial charge in [-0.1, -0.05) is 31.0 Å². The first kappa shape index (κ1) is 18.5. The molecule has 0 radical (unpaired) electrons. The van der Waals surface area contributed by atoms with Gasteiger partial charge in [0.25, 0.3) is 0 Å². The fourth-order valence-electron chi connectivity index (χ4n) is 4.49. The Balaban J connectivity index is 1.50. The normalized spacial score (nSPS) is 18.9. The van der Waals surface area contributed by atoms with E-state index in [9.17, 15) is 4.79 Å². The van der Waals surface area contributed by atoms with Crippen molar-refractivity contribution >= 4 is 17.2 Å². The number of amides is 1. The summed E-state index contributed by atoms with van der Waals surface area (Å²) in [6.45, 7) is 1.39. The maximum Gasteiger partial charge on any atom is 0.231 e. The van der Waals surface area contributed by atoms with Gasteiger partial charge in [-0.15, -0.1) is 11.3 Å². The zero-order valence-corrected chi connectivity index (χ0v) is 17.0. The zero-order valence-electron chi connectivity index (χ0n) is 16.2. The molecule has 1 unspecified atom stereocenters. The number of hydrogen-bond donors (Lipinski definition) is 1. The van der Waals surface area contributed by atoms with E-state index in [4.69, 9.17) is 4.74 Å². The molecule has 1 N–H and O–H groups in total. The largest absolute Gasteiger partial charge is 0.493 e. The van der Waals surface area contributed by atoms with Crippen molar-refractivity contribution in [3.05, 3.63) is 51.7 Å². The SMILES string of the molecule is CN(C)C(CNC(=O)C1(c2cccs2)CCCC1)c1ccc2c(c1)CCO2. The summed E-state index contributed by atoms with van der Waals surface area (Å²) in [6, 6.07) is 10.8. The van der Waals surface area contributed by atoms with Crippen LogP contribution in [0.25, 0.3) is 0 Å². The molecule has 2 heterocycles. The van der Waals surface area contributed by atoms with Crippen molar-refractivity contribution < 1.29 is 9.53 Å². The molecule has 144 valence electrons. The van der Waals surface area contributed by atoms with Gasteiger partial charge in [-0.2, -0.15) is 0 Å². The smallest absolute Gasteiger partial charge is 0.231 e. The molecule has 2 aliphatic rings. The van der Waals surface area contributed by atoms with E-state index in [1.165, 1.54) is 16.0 Å². The average molecular weight is 385 g/mol. The number of hydrogen-bond acceptors (Lipinski definition) is 4. The minimum Gasteiger partial charge on any atom is -0.493 e. The van der Waals surface area contributed by atoms with E-state index < -0.39 is 0 Å². The third kappa shape index (κ3) is 3.50. The van der Waals surface area contributed by atoms with Crippen molar-refractivity contribution in [3.8, 4) is 5.75 Å². The third-order valence-electron chi connectivity index (χ3n) is 6.06. The number of thiophene rings is 1. The first-order valence-electron chi connectivity index (χ1n) is 9.84. The van der Waals surface area contributed by atoms with Crippen LogP contribution in [0.15, 0.2) is 35.7 Å². The number of ether oxygens (including phenoxy) is 1. The summed E-state index contributed by atoms with van der Waals surface area (Å²) in [5.41, 5.74) is 2.19. The van der Waals surface area contributed by atoms with E-state index in [0.717, 1.165) is 44.5 Å². The highest BCUT2D eigenvalue weighted by Gasteiger charge is 2.43. The Bertz CT molecular complexity index is 795. The first-order chi connectivity index (χ1) is 13.1. The Labute approximate surface area is 165 Å². The summed E-state index contributed by atoms with van der Waals surface area (Å²) in [6.07, 6.45) is 5.15. The second-order valence-electron chi connectivity index (χ2n) is 7.92. The number of nitrogens with one attached hydrogen (secondary N) is 1. The predicted octanol–water partition coefficient (Wildman–Crippen LogP) is 3.91. The molecule has 1 aliphatic heterocycles. The van der Waals surface area contributed by atoms with Gasteiger partial charge in [0, 0.05) is 17.8 Å². The molecule has 1 aromatic heterocycles. The summed E-state index contributed by atoms with van der Waals surface area (Å²) in [5, 5.41) is 5.38. The first-order valence-corrected chi connectivity index (χ1v) is 10.7. The lowest BCUT2D eigenvalue weighted by atomic mass is 9.83. The second-order valence-corrected chi connectivity index (χ2v) is 8.87. The van der Waals surface area contributed by atoms with Crippen LogP contribution < -0.4 is 10.1 Å². The second kappa shape index (κ2) is 7.64. The van der Waals surface area contributed by atoms with Crippen molar-refractivity contribution in [3.63, 3.8) is 0 Å². The molecule has 1 atom stereocenters. The minimum atomic E-state index is -0.323. The highest BCUT2D eigenvalue weighted by Crippen LogP contribution is 2.43. The van der Waals surface area contributed by atoms with E-state index in [0.29, 0.717) is 6.54 Å². The molecular weight excluding hydrogens is 356 g/mol. The topological polar surface area (TPSA) is 41.6 Å². The van der Waals surface area contributed by atoms with Gasteiger partial charge in [-0.25, -0.2) is 0 Å². The van der Waals surface area contributed by atoms with Gasteiger partial charge in [0.2, 0.25) is 5.91 Å². The number of fused-ring (bicyclic) bond motifs is 1. The fraction of sp³-hybridized carbons (Fsp3) is 0.500. The van der Waals surface area contributed by atoms with E-state index in [2.05, 4.69) is 60.0 Å². The maximum absolute atomic E-state index is 13.3. The van der Waals surface area contributed by atoms with E-state index >= 15 is 0 Å². The number of carbonyl (C=O) groups is 1. The predicted molar refractivity (Wildman–Crippen MR) is 110 cm³/mol. The number of carbonyl (C=O) groups excluding carboxylic acids is 1. The molecule has 1 saturated carbocycles. The van der Waals surface area contributed by atoms with Crippen LogP contribution in [0, 0.1) is 0 Å². The van der Waals surface area contributed by atoms with E-state index in [1.54, 1.807) is 11.3 Å². The van der Waals surface area contributed by atoms with Crippen molar-refractivity contribution in [1.29, 1.82) is 0 Å². The average Bonchev–Trinajstić information content (AvgIpc) is 3.41. The quantitative estimate of drug-likeness (QED) is 0.821. The van der Waals surface area contributed by atoms with Crippen molar-refractivity contribution in [2.75, 3.05) is 27.2 Å². The van der Waals surface area contributed by atoms with Gasteiger partial charge in [0.05, 0.1) is 18.1 Å². The molecule has 4 nitrogen and oxygen atoms in total. The lowest BCUT2D eigenvalue weighted by Crippen LogP contribution is -2.45. The van der Waals surface area contributed by atoms with Gasteiger partial charge >= 0.3 is 0 Å².